The van der Waals surface area contributed by atoms with Crippen molar-refractivity contribution in [3.05, 3.63) is 42.2 Å². The van der Waals surface area contributed by atoms with E-state index in [4.69, 9.17) is 0 Å². The Bertz CT molecular complexity index is 836. The van der Waals surface area contributed by atoms with Gasteiger partial charge in [-0.3, -0.25) is 19.3 Å². The summed E-state index contributed by atoms with van der Waals surface area (Å²) < 4.78 is 15.6. The Labute approximate surface area is 144 Å². The molecule has 8 heteroatoms. The standard InChI is InChI=1S/C17H18FN5O2/c1-21-10-11(8-20-21)23-15-5-7-22(14(15)2-3-16(23)24)17(25)12-4-6-19-9-13(12)18/h4,6,8-10,14-15H,2-3,5,7H2,1H3/t14-,15-/m1/s1. The SMILES string of the molecule is Cn1cc(N2C(=O)CC[C@@H]3[C@H]2CCN3C(=O)c2ccncc2F)cn1. The lowest BCUT2D eigenvalue weighted by Gasteiger charge is -2.39. The highest BCUT2D eigenvalue weighted by molar-refractivity contribution is 5.97. The third-order valence-corrected chi connectivity index (χ3v) is 5.00. The Morgan fingerprint density at radius 1 is 1.28 bits per heavy atom. The number of hydrogen-bond acceptors (Lipinski definition) is 4. The summed E-state index contributed by atoms with van der Waals surface area (Å²) >= 11 is 0. The van der Waals surface area contributed by atoms with Gasteiger partial charge in [-0.2, -0.15) is 5.10 Å². The van der Waals surface area contributed by atoms with Gasteiger partial charge in [-0.25, -0.2) is 4.39 Å². The largest absolute Gasteiger partial charge is 0.333 e. The van der Waals surface area contributed by atoms with Crippen molar-refractivity contribution < 1.29 is 14.0 Å². The zero-order valence-electron chi connectivity index (χ0n) is 13.8. The Morgan fingerprint density at radius 2 is 2.12 bits per heavy atom. The topological polar surface area (TPSA) is 71.3 Å². The van der Waals surface area contributed by atoms with Gasteiger partial charge < -0.3 is 9.80 Å². The van der Waals surface area contributed by atoms with Crippen molar-refractivity contribution in [2.24, 2.45) is 7.05 Å². The zero-order chi connectivity index (χ0) is 17.6. The van der Waals surface area contributed by atoms with E-state index in [2.05, 4.69) is 10.1 Å². The molecule has 4 rings (SSSR count). The van der Waals surface area contributed by atoms with E-state index >= 15 is 0 Å². The first-order valence-corrected chi connectivity index (χ1v) is 8.27. The van der Waals surface area contributed by atoms with Gasteiger partial charge in [0.05, 0.1) is 35.7 Å². The maximum absolute atomic E-state index is 13.9. The van der Waals surface area contributed by atoms with E-state index < -0.39 is 5.82 Å². The molecule has 2 aliphatic heterocycles. The molecule has 2 saturated heterocycles. The van der Waals surface area contributed by atoms with E-state index in [1.165, 1.54) is 12.3 Å². The molecule has 0 aliphatic carbocycles. The lowest BCUT2D eigenvalue weighted by molar-refractivity contribution is -0.120. The predicted molar refractivity (Wildman–Crippen MR) is 87.4 cm³/mol. The van der Waals surface area contributed by atoms with E-state index in [1.807, 2.05) is 0 Å². The summed E-state index contributed by atoms with van der Waals surface area (Å²) in [6.45, 7) is 0.500. The maximum atomic E-state index is 13.9. The van der Waals surface area contributed by atoms with E-state index in [-0.39, 0.29) is 29.5 Å². The lowest BCUT2D eigenvalue weighted by Crippen LogP contribution is -2.53. The Kier molecular flexibility index (Phi) is 3.74. The number of pyridine rings is 1. The van der Waals surface area contributed by atoms with Crippen LogP contribution >= 0.6 is 0 Å². The van der Waals surface area contributed by atoms with Crippen molar-refractivity contribution in [1.82, 2.24) is 19.7 Å². The third kappa shape index (κ3) is 2.57. The van der Waals surface area contributed by atoms with Crippen LogP contribution in [0.1, 0.15) is 29.6 Å². The molecule has 0 bridgehead atoms. The van der Waals surface area contributed by atoms with Gasteiger partial charge in [0.25, 0.3) is 5.91 Å². The van der Waals surface area contributed by atoms with Crippen LogP contribution in [-0.2, 0) is 11.8 Å². The van der Waals surface area contributed by atoms with Crippen molar-refractivity contribution in [1.29, 1.82) is 0 Å². The monoisotopic (exact) mass is 343 g/mol. The van der Waals surface area contributed by atoms with E-state index in [0.717, 1.165) is 11.9 Å². The van der Waals surface area contributed by atoms with Gasteiger partial charge in [0.2, 0.25) is 5.91 Å². The molecule has 0 N–H and O–H groups in total. The fourth-order valence-corrected chi connectivity index (χ4v) is 3.89. The molecule has 2 aromatic heterocycles. The van der Waals surface area contributed by atoms with Gasteiger partial charge in [-0.15, -0.1) is 0 Å². The summed E-state index contributed by atoms with van der Waals surface area (Å²) in [5, 5.41) is 4.14. The minimum absolute atomic E-state index is 0.0282. The lowest BCUT2D eigenvalue weighted by atomic mass is 9.95. The normalized spacial score (nSPS) is 23.0. The smallest absolute Gasteiger partial charge is 0.257 e. The quantitative estimate of drug-likeness (QED) is 0.826. The van der Waals surface area contributed by atoms with Crippen LogP contribution < -0.4 is 4.90 Å². The van der Waals surface area contributed by atoms with Crippen LogP contribution in [-0.4, -0.2) is 50.1 Å². The van der Waals surface area contributed by atoms with Crippen LogP contribution in [0.15, 0.2) is 30.9 Å². The summed E-state index contributed by atoms with van der Waals surface area (Å²) in [7, 11) is 1.80. The summed E-state index contributed by atoms with van der Waals surface area (Å²) in [6.07, 6.45) is 7.55. The van der Waals surface area contributed by atoms with Crippen LogP contribution in [0.4, 0.5) is 10.1 Å². The highest BCUT2D eigenvalue weighted by atomic mass is 19.1. The number of amides is 2. The number of aryl methyl sites for hydroxylation is 1. The molecule has 0 spiro atoms. The second kappa shape index (κ2) is 5.94. The molecule has 0 radical (unpaired) electrons. The summed E-state index contributed by atoms with van der Waals surface area (Å²) in [5.41, 5.74) is 0.770. The molecule has 25 heavy (non-hydrogen) atoms. The Hall–Kier alpha value is -2.77. The number of nitrogens with zero attached hydrogens (tertiary/aromatic N) is 5. The maximum Gasteiger partial charge on any atom is 0.257 e. The van der Waals surface area contributed by atoms with Crippen molar-refractivity contribution >= 4 is 17.5 Å². The van der Waals surface area contributed by atoms with Crippen LogP contribution in [0.3, 0.4) is 0 Å². The van der Waals surface area contributed by atoms with Crippen LogP contribution in [0.25, 0.3) is 0 Å². The van der Waals surface area contributed by atoms with Gasteiger partial charge in [-0.05, 0) is 18.9 Å². The number of fused-ring (bicyclic) bond motifs is 1. The van der Waals surface area contributed by atoms with Crippen molar-refractivity contribution in [3.63, 3.8) is 0 Å². The number of piperidine rings is 1. The average molecular weight is 343 g/mol. The van der Waals surface area contributed by atoms with Crippen molar-refractivity contribution in [3.8, 4) is 0 Å². The minimum atomic E-state index is -0.619. The predicted octanol–water partition coefficient (Wildman–Crippen LogP) is 1.36. The van der Waals surface area contributed by atoms with Crippen LogP contribution in [0.5, 0.6) is 0 Å². The highest BCUT2D eigenvalue weighted by Crippen LogP contribution is 2.35. The summed E-state index contributed by atoms with van der Waals surface area (Å²) in [4.78, 5) is 32.4. The van der Waals surface area contributed by atoms with Crippen LogP contribution in [0, 0.1) is 5.82 Å². The molecule has 2 atom stereocenters. The average Bonchev–Trinajstić information content (AvgIpc) is 3.21. The first kappa shape index (κ1) is 15.7. The minimum Gasteiger partial charge on any atom is -0.333 e. The molecule has 2 aromatic rings. The fourth-order valence-electron chi connectivity index (χ4n) is 3.89. The first-order valence-electron chi connectivity index (χ1n) is 8.27. The first-order chi connectivity index (χ1) is 12.1. The number of halogens is 1. The van der Waals surface area contributed by atoms with Gasteiger partial charge in [-0.1, -0.05) is 0 Å². The molecule has 2 fully saturated rings. The third-order valence-electron chi connectivity index (χ3n) is 5.00. The molecule has 2 amide bonds. The Morgan fingerprint density at radius 3 is 2.84 bits per heavy atom. The molecule has 0 aromatic carbocycles. The van der Waals surface area contributed by atoms with Crippen molar-refractivity contribution in [2.75, 3.05) is 11.4 Å². The van der Waals surface area contributed by atoms with Gasteiger partial charge in [0, 0.05) is 32.4 Å². The number of carbonyl (C=O) groups excluding carboxylic acids is 2. The molecule has 0 saturated carbocycles. The number of rotatable bonds is 2. The number of likely N-dealkylation sites (tertiary alicyclic amines) is 1. The second-order valence-electron chi connectivity index (χ2n) is 6.45. The van der Waals surface area contributed by atoms with Crippen molar-refractivity contribution in [2.45, 2.75) is 31.3 Å². The molecular formula is C17H18FN5O2. The number of hydrogen-bond donors (Lipinski definition) is 0. The molecular weight excluding hydrogens is 325 g/mol. The molecule has 0 unspecified atom stereocenters. The van der Waals surface area contributed by atoms with E-state index in [0.29, 0.717) is 25.8 Å². The molecule has 130 valence electrons. The van der Waals surface area contributed by atoms with Gasteiger partial charge in [0.1, 0.15) is 0 Å². The number of carbonyl (C=O) groups is 2. The highest BCUT2D eigenvalue weighted by Gasteiger charge is 2.46. The second-order valence-corrected chi connectivity index (χ2v) is 6.45. The Balaban J connectivity index is 1.62. The summed E-state index contributed by atoms with van der Waals surface area (Å²) in [6, 6.07) is 1.19. The van der Waals surface area contributed by atoms with Gasteiger partial charge >= 0.3 is 0 Å². The molecule has 7 nitrogen and oxygen atoms in total. The van der Waals surface area contributed by atoms with Crippen LogP contribution in [0.2, 0.25) is 0 Å². The van der Waals surface area contributed by atoms with E-state index in [9.17, 15) is 14.0 Å². The summed E-state index contributed by atoms with van der Waals surface area (Å²) in [5.74, 6) is -0.918. The molecule has 2 aliphatic rings. The fraction of sp³-hybridized carbons (Fsp3) is 0.412. The number of anilines is 1. The zero-order valence-corrected chi connectivity index (χ0v) is 13.8. The van der Waals surface area contributed by atoms with E-state index in [1.54, 1.807) is 33.9 Å². The van der Waals surface area contributed by atoms with Gasteiger partial charge in [0.15, 0.2) is 5.82 Å². The molecule has 4 heterocycles. The number of aromatic nitrogens is 3.